The summed E-state index contributed by atoms with van der Waals surface area (Å²) in [6.45, 7) is 5.30. The van der Waals surface area contributed by atoms with Crippen LogP contribution in [0.25, 0.3) is 11.3 Å². The molecule has 3 rings (SSSR count). The van der Waals surface area contributed by atoms with Crippen LogP contribution < -0.4 is 16.0 Å². The van der Waals surface area contributed by atoms with Gasteiger partial charge in [-0.25, -0.2) is 5.06 Å². The first-order chi connectivity index (χ1) is 22.7. The Morgan fingerprint density at radius 1 is 1.00 bits per heavy atom. The van der Waals surface area contributed by atoms with Gasteiger partial charge in [-0.1, -0.05) is 74.0 Å². The molecule has 0 fully saturated rings. The largest absolute Gasteiger partial charge is 0.696 e. The highest BCUT2D eigenvalue weighted by Gasteiger charge is 2.32. The zero-order chi connectivity index (χ0) is 34.2. The molecule has 14 heteroatoms. The smallest absolute Gasteiger partial charge is 0.451 e. The molecule has 1 unspecified atom stereocenters. The van der Waals surface area contributed by atoms with Crippen LogP contribution in [0.3, 0.4) is 0 Å². The number of hydroxylamine groups is 2. The van der Waals surface area contributed by atoms with Gasteiger partial charge in [0.2, 0.25) is 12.3 Å². The van der Waals surface area contributed by atoms with Crippen LogP contribution in [0.15, 0.2) is 65.1 Å². The van der Waals surface area contributed by atoms with Crippen molar-refractivity contribution in [3.05, 3.63) is 83.1 Å². The van der Waals surface area contributed by atoms with E-state index in [9.17, 15) is 23.7 Å². The van der Waals surface area contributed by atoms with E-state index in [1.165, 1.54) is 11.1 Å². The maximum absolute atomic E-state index is 13.4. The lowest BCUT2D eigenvalue weighted by Crippen LogP contribution is -2.48. The lowest BCUT2D eigenvalue weighted by atomic mass is 9.90. The average molecular weight is 670 g/mol. The van der Waals surface area contributed by atoms with Crippen LogP contribution in [0.4, 0.5) is 0 Å². The second-order valence-electron chi connectivity index (χ2n) is 10.7. The van der Waals surface area contributed by atoms with E-state index >= 15 is 0 Å². The first-order valence-corrected chi connectivity index (χ1v) is 16.6. The second-order valence-corrected chi connectivity index (χ2v) is 11.5. The number of hydrogen-bond acceptors (Lipinski definition) is 8. The zero-order valence-corrected chi connectivity index (χ0v) is 27.7. The SMILES string of the molecule is CCCCC[C@@H](C(=O)NCNC(=O)c1ccc(-c2ccc(C(=O)NCO[P+](=O)O)c(C)c2)o1)[C@@H](CC)N(C=O)OCc1ccccc1. The number of nitrogens with one attached hydrogen (secondary N) is 3. The van der Waals surface area contributed by atoms with Gasteiger partial charge in [-0.3, -0.25) is 24.0 Å². The Hall–Kier alpha value is -4.42. The van der Waals surface area contributed by atoms with Crippen LogP contribution >= 0.6 is 8.25 Å². The van der Waals surface area contributed by atoms with Gasteiger partial charge < -0.3 is 20.4 Å². The Morgan fingerprint density at radius 2 is 1.77 bits per heavy atom. The van der Waals surface area contributed by atoms with Gasteiger partial charge in [0, 0.05) is 15.7 Å². The number of nitrogens with zero attached hydrogens (tertiary/aromatic N) is 1. The molecule has 0 aliphatic carbocycles. The summed E-state index contributed by atoms with van der Waals surface area (Å²) in [6.07, 6.45) is 4.34. The molecule has 0 spiro atoms. The predicted octanol–water partition coefficient (Wildman–Crippen LogP) is 4.98. The van der Waals surface area contributed by atoms with E-state index in [-0.39, 0.29) is 24.9 Å². The summed E-state index contributed by atoms with van der Waals surface area (Å²) in [5.74, 6) is -1.47. The third-order valence-electron chi connectivity index (χ3n) is 7.50. The van der Waals surface area contributed by atoms with Crippen molar-refractivity contribution in [1.29, 1.82) is 0 Å². The average Bonchev–Trinajstić information content (AvgIpc) is 3.56. The number of aryl methyl sites for hydroxylation is 1. The molecule has 0 aliphatic rings. The normalized spacial score (nSPS) is 12.5. The quantitative estimate of drug-likeness (QED) is 0.0425. The Bertz CT molecular complexity index is 1500. The van der Waals surface area contributed by atoms with E-state index in [0.29, 0.717) is 41.7 Å². The van der Waals surface area contributed by atoms with E-state index in [2.05, 4.69) is 27.4 Å². The van der Waals surface area contributed by atoms with E-state index < -0.39 is 38.8 Å². The number of rotatable bonds is 20. The van der Waals surface area contributed by atoms with E-state index in [1.54, 1.807) is 31.2 Å². The standard InChI is InChI=1S/C33H41N4O9P/c1-4-6-8-13-27(28(5-2)37(22-38)44-19-24-11-9-7-10-12-24)32(40)34-20-35-33(41)30-17-16-29(46-30)25-14-15-26(23(3)18-25)31(39)36-21-45-47(42)43/h7,9-12,14-18,22,27-28H,4-6,8,13,19-21H2,1-3H3,(H3-,34,35,36,39,40,41,42,43)/p+1/t27-,28-/m1/s1. The summed E-state index contributed by atoms with van der Waals surface area (Å²) >= 11 is 0. The molecule has 252 valence electrons. The van der Waals surface area contributed by atoms with E-state index in [4.69, 9.17) is 14.1 Å². The molecule has 2 aromatic carbocycles. The summed E-state index contributed by atoms with van der Waals surface area (Å²) in [7, 11) is -2.82. The van der Waals surface area contributed by atoms with Gasteiger partial charge in [-0.05, 0) is 55.2 Å². The molecule has 0 aliphatic heterocycles. The van der Waals surface area contributed by atoms with Crippen molar-refractivity contribution in [3.8, 4) is 11.3 Å². The van der Waals surface area contributed by atoms with Crippen LogP contribution in [0.1, 0.15) is 78.0 Å². The minimum Gasteiger partial charge on any atom is -0.451 e. The minimum atomic E-state index is -2.82. The third-order valence-corrected chi connectivity index (χ3v) is 7.85. The number of unbranched alkanes of at least 4 members (excludes halogenated alkanes) is 2. The van der Waals surface area contributed by atoms with Crippen molar-refractivity contribution in [1.82, 2.24) is 21.0 Å². The maximum Gasteiger partial charge on any atom is 0.696 e. The van der Waals surface area contributed by atoms with Gasteiger partial charge in [0.15, 0.2) is 12.5 Å². The Labute approximate surface area is 274 Å². The molecule has 47 heavy (non-hydrogen) atoms. The molecule has 0 saturated carbocycles. The molecule has 13 nitrogen and oxygen atoms in total. The fourth-order valence-electron chi connectivity index (χ4n) is 5.05. The van der Waals surface area contributed by atoms with Gasteiger partial charge in [-0.15, -0.1) is 4.89 Å². The van der Waals surface area contributed by atoms with Crippen LogP contribution in [-0.4, -0.2) is 53.5 Å². The van der Waals surface area contributed by atoms with Gasteiger partial charge in [0.25, 0.3) is 11.8 Å². The van der Waals surface area contributed by atoms with Crippen molar-refractivity contribution >= 4 is 32.4 Å². The van der Waals surface area contributed by atoms with Crippen molar-refractivity contribution in [2.45, 2.75) is 65.5 Å². The Kier molecular flexibility index (Phi) is 15.2. The summed E-state index contributed by atoms with van der Waals surface area (Å²) in [5.41, 5.74) is 2.46. The van der Waals surface area contributed by atoms with Gasteiger partial charge in [-0.2, -0.15) is 0 Å². The molecule has 1 heterocycles. The van der Waals surface area contributed by atoms with Crippen LogP contribution in [0.2, 0.25) is 0 Å². The number of carbonyl (C=O) groups is 4. The summed E-state index contributed by atoms with van der Waals surface area (Å²) in [4.78, 5) is 65.1. The van der Waals surface area contributed by atoms with Crippen molar-refractivity contribution in [3.63, 3.8) is 0 Å². The van der Waals surface area contributed by atoms with Gasteiger partial charge >= 0.3 is 8.25 Å². The van der Waals surface area contributed by atoms with Crippen molar-refractivity contribution < 1.29 is 42.4 Å². The van der Waals surface area contributed by atoms with Crippen LogP contribution in [0, 0.1) is 12.8 Å². The number of amides is 4. The topological polar surface area (TPSA) is 177 Å². The Balaban J connectivity index is 1.59. The van der Waals surface area contributed by atoms with Crippen molar-refractivity contribution in [2.24, 2.45) is 5.92 Å². The molecule has 3 aromatic rings. The molecular weight excluding hydrogens is 627 g/mol. The monoisotopic (exact) mass is 669 g/mol. The molecule has 4 N–H and O–H groups in total. The number of hydrogen-bond donors (Lipinski definition) is 4. The fourth-order valence-corrected chi connectivity index (χ4v) is 5.22. The highest BCUT2D eigenvalue weighted by Crippen LogP contribution is 2.25. The first-order valence-electron chi connectivity index (χ1n) is 15.4. The molecule has 0 radical (unpaired) electrons. The molecule has 0 bridgehead atoms. The maximum atomic E-state index is 13.4. The van der Waals surface area contributed by atoms with Gasteiger partial charge in [0.1, 0.15) is 12.4 Å². The van der Waals surface area contributed by atoms with Crippen molar-refractivity contribution in [2.75, 3.05) is 13.4 Å². The summed E-state index contributed by atoms with van der Waals surface area (Å²) in [5, 5.41) is 9.03. The summed E-state index contributed by atoms with van der Waals surface area (Å²) in [6, 6.07) is 17.0. The number of carbonyl (C=O) groups excluding carboxylic acids is 4. The Morgan fingerprint density at radius 3 is 2.43 bits per heavy atom. The predicted molar refractivity (Wildman–Crippen MR) is 173 cm³/mol. The molecular formula is C33H42N4O9P+. The fraction of sp³-hybridized carbons (Fsp3) is 0.394. The molecule has 4 amide bonds. The lowest BCUT2D eigenvalue weighted by molar-refractivity contribution is -0.200. The summed E-state index contributed by atoms with van der Waals surface area (Å²) < 4.78 is 20.8. The van der Waals surface area contributed by atoms with Gasteiger partial charge in [0.05, 0.1) is 18.6 Å². The van der Waals surface area contributed by atoms with Crippen LogP contribution in [-0.2, 0) is 30.1 Å². The minimum absolute atomic E-state index is 0.0244. The lowest BCUT2D eigenvalue weighted by Gasteiger charge is -2.32. The molecule has 3 atom stereocenters. The van der Waals surface area contributed by atoms with Crippen LogP contribution in [0.5, 0.6) is 0 Å². The first kappa shape index (κ1) is 37.0. The highest BCUT2D eigenvalue weighted by molar-refractivity contribution is 7.32. The third kappa shape index (κ3) is 11.4. The molecule has 1 aromatic heterocycles. The molecule has 0 saturated heterocycles. The second kappa shape index (κ2) is 19.3. The van der Waals surface area contributed by atoms with E-state index in [1.807, 2.05) is 37.3 Å². The zero-order valence-electron chi connectivity index (χ0n) is 26.8. The van der Waals surface area contributed by atoms with E-state index in [0.717, 1.165) is 24.8 Å². The number of furan rings is 1. The number of benzene rings is 2. The highest BCUT2D eigenvalue weighted by atomic mass is 31.1.